The molecule has 0 unspecified atom stereocenters. The number of nitrogens with one attached hydrogen (secondary N) is 1. The summed E-state index contributed by atoms with van der Waals surface area (Å²) in [6.07, 6.45) is 3.91. The van der Waals surface area contributed by atoms with E-state index >= 15 is 0 Å². The lowest BCUT2D eigenvalue weighted by atomic mass is 10.1. The van der Waals surface area contributed by atoms with Crippen LogP contribution in [0.4, 0.5) is 4.79 Å². The molecule has 6 nitrogen and oxygen atoms in total. The van der Waals surface area contributed by atoms with E-state index in [1.54, 1.807) is 14.2 Å². The molecule has 26 heavy (non-hydrogen) atoms. The van der Waals surface area contributed by atoms with Gasteiger partial charge < -0.3 is 19.4 Å². The van der Waals surface area contributed by atoms with Crippen LogP contribution in [0.25, 0.3) is 16.8 Å². The summed E-state index contributed by atoms with van der Waals surface area (Å²) < 4.78 is 7.46. The van der Waals surface area contributed by atoms with Crippen LogP contribution in [0, 0.1) is 0 Å². The summed E-state index contributed by atoms with van der Waals surface area (Å²) in [4.78, 5) is 19.1. The molecular formula is C20H22N4O2. The van der Waals surface area contributed by atoms with Crippen LogP contribution in [-0.2, 0) is 0 Å². The Kier molecular flexibility index (Phi) is 4.24. The fourth-order valence-corrected chi connectivity index (χ4v) is 3.70. The number of rotatable bonds is 3. The van der Waals surface area contributed by atoms with E-state index in [1.165, 1.54) is 0 Å². The molecule has 1 aliphatic heterocycles. The van der Waals surface area contributed by atoms with Gasteiger partial charge in [0.25, 0.3) is 0 Å². The number of hydrogen-bond donors (Lipinski definition) is 1. The zero-order chi connectivity index (χ0) is 18.1. The lowest BCUT2D eigenvalue weighted by Gasteiger charge is -2.23. The average molecular weight is 350 g/mol. The molecule has 134 valence electrons. The van der Waals surface area contributed by atoms with Crippen molar-refractivity contribution in [1.29, 1.82) is 0 Å². The highest BCUT2D eigenvalue weighted by atomic mass is 16.5. The molecule has 1 atom stereocenters. The molecule has 3 heterocycles. The van der Waals surface area contributed by atoms with Crippen molar-refractivity contribution in [1.82, 2.24) is 19.6 Å². The van der Waals surface area contributed by atoms with E-state index in [2.05, 4.69) is 15.8 Å². The lowest BCUT2D eigenvalue weighted by Crippen LogP contribution is -2.38. The number of pyridine rings is 1. The summed E-state index contributed by atoms with van der Waals surface area (Å²) in [6, 6.07) is 13.9. The smallest absolute Gasteiger partial charge is 0.317 e. The third kappa shape index (κ3) is 2.67. The molecule has 0 bridgehead atoms. The number of ether oxygens (including phenoxy) is 1. The van der Waals surface area contributed by atoms with Crippen molar-refractivity contribution in [2.75, 3.05) is 20.7 Å². The highest BCUT2D eigenvalue weighted by Gasteiger charge is 2.33. The SMILES string of the molecule is CNC(=O)N1CCC[C@@H]1c1nc(-c2cccc(OC)c2)c2ccccn12. The van der Waals surface area contributed by atoms with Crippen molar-refractivity contribution in [3.63, 3.8) is 0 Å². The second kappa shape index (κ2) is 6.71. The van der Waals surface area contributed by atoms with E-state index < -0.39 is 0 Å². The van der Waals surface area contributed by atoms with Gasteiger partial charge in [-0.15, -0.1) is 0 Å². The number of nitrogens with zero attached hydrogens (tertiary/aromatic N) is 3. The quantitative estimate of drug-likeness (QED) is 0.787. The molecule has 1 aliphatic rings. The Morgan fingerprint density at radius 1 is 1.27 bits per heavy atom. The molecular weight excluding hydrogens is 328 g/mol. The van der Waals surface area contributed by atoms with Crippen molar-refractivity contribution >= 4 is 11.5 Å². The van der Waals surface area contributed by atoms with Crippen LogP contribution in [-0.4, -0.2) is 41.0 Å². The number of amides is 2. The van der Waals surface area contributed by atoms with E-state index in [0.717, 1.165) is 47.7 Å². The van der Waals surface area contributed by atoms with Gasteiger partial charge in [0.2, 0.25) is 0 Å². The standard InChI is InChI=1S/C20H22N4O2/c1-21-20(25)24-12-6-10-17(24)19-22-18(16-9-3-4-11-23(16)19)14-7-5-8-15(13-14)26-2/h3-5,7-9,11,13,17H,6,10,12H2,1-2H3,(H,21,25)/t17-/m1/s1. The second-order valence-electron chi connectivity index (χ2n) is 6.41. The van der Waals surface area contributed by atoms with Gasteiger partial charge >= 0.3 is 6.03 Å². The summed E-state index contributed by atoms with van der Waals surface area (Å²) in [7, 11) is 3.33. The molecule has 0 saturated carbocycles. The minimum atomic E-state index is -0.0527. The topological polar surface area (TPSA) is 58.9 Å². The molecule has 1 aromatic carbocycles. The fourth-order valence-electron chi connectivity index (χ4n) is 3.70. The predicted molar refractivity (Wildman–Crippen MR) is 100 cm³/mol. The zero-order valence-electron chi connectivity index (χ0n) is 15.0. The number of likely N-dealkylation sites (tertiary alicyclic amines) is 1. The number of methoxy groups -OCH3 is 1. The number of imidazole rings is 1. The molecule has 0 aliphatic carbocycles. The van der Waals surface area contributed by atoms with E-state index in [1.807, 2.05) is 47.5 Å². The van der Waals surface area contributed by atoms with Crippen LogP contribution in [0.2, 0.25) is 0 Å². The normalized spacial score (nSPS) is 16.8. The van der Waals surface area contributed by atoms with Gasteiger partial charge in [0.15, 0.2) is 0 Å². The third-order valence-electron chi connectivity index (χ3n) is 4.94. The molecule has 1 fully saturated rings. The maximum absolute atomic E-state index is 12.3. The van der Waals surface area contributed by atoms with Crippen LogP contribution in [0.5, 0.6) is 5.75 Å². The first kappa shape index (κ1) is 16.4. The number of carbonyl (C=O) groups is 1. The number of hydrogen-bond acceptors (Lipinski definition) is 3. The molecule has 4 rings (SSSR count). The number of urea groups is 1. The molecule has 1 saturated heterocycles. The summed E-state index contributed by atoms with van der Waals surface area (Å²) in [6.45, 7) is 0.751. The molecule has 3 aromatic rings. The number of benzene rings is 1. The summed E-state index contributed by atoms with van der Waals surface area (Å²) in [5.74, 6) is 1.70. The summed E-state index contributed by atoms with van der Waals surface area (Å²) in [5, 5.41) is 2.74. The van der Waals surface area contributed by atoms with Gasteiger partial charge in [0, 0.05) is 25.4 Å². The van der Waals surface area contributed by atoms with Crippen molar-refractivity contribution in [2.24, 2.45) is 0 Å². The van der Waals surface area contributed by atoms with Crippen molar-refractivity contribution in [3.8, 4) is 17.0 Å². The summed E-state index contributed by atoms with van der Waals surface area (Å²) in [5.41, 5.74) is 2.94. The lowest BCUT2D eigenvalue weighted by molar-refractivity contribution is 0.193. The second-order valence-corrected chi connectivity index (χ2v) is 6.41. The summed E-state index contributed by atoms with van der Waals surface area (Å²) >= 11 is 0. The first-order chi connectivity index (χ1) is 12.7. The van der Waals surface area contributed by atoms with Gasteiger partial charge in [0.05, 0.1) is 24.4 Å². The molecule has 0 spiro atoms. The minimum absolute atomic E-state index is 0.0239. The van der Waals surface area contributed by atoms with Crippen molar-refractivity contribution < 1.29 is 9.53 Å². The van der Waals surface area contributed by atoms with E-state index in [4.69, 9.17) is 9.72 Å². The van der Waals surface area contributed by atoms with Crippen molar-refractivity contribution in [2.45, 2.75) is 18.9 Å². The van der Waals surface area contributed by atoms with Crippen LogP contribution in [0.15, 0.2) is 48.7 Å². The first-order valence-corrected chi connectivity index (χ1v) is 8.82. The van der Waals surface area contributed by atoms with Crippen LogP contribution < -0.4 is 10.1 Å². The largest absolute Gasteiger partial charge is 0.497 e. The van der Waals surface area contributed by atoms with Gasteiger partial charge in [0.1, 0.15) is 11.6 Å². The molecule has 1 N–H and O–H groups in total. The first-order valence-electron chi connectivity index (χ1n) is 8.82. The van der Waals surface area contributed by atoms with Crippen LogP contribution in [0.3, 0.4) is 0 Å². The molecule has 2 aromatic heterocycles. The third-order valence-corrected chi connectivity index (χ3v) is 4.94. The van der Waals surface area contributed by atoms with Gasteiger partial charge in [-0.25, -0.2) is 9.78 Å². The Labute approximate surface area is 152 Å². The molecule has 0 radical (unpaired) electrons. The maximum atomic E-state index is 12.3. The van der Waals surface area contributed by atoms with E-state index in [9.17, 15) is 4.79 Å². The maximum Gasteiger partial charge on any atom is 0.317 e. The van der Waals surface area contributed by atoms with E-state index in [-0.39, 0.29) is 12.1 Å². The molecule has 6 heteroatoms. The Morgan fingerprint density at radius 3 is 2.96 bits per heavy atom. The predicted octanol–water partition coefficient (Wildman–Crippen LogP) is 3.49. The van der Waals surface area contributed by atoms with E-state index in [0.29, 0.717) is 0 Å². The average Bonchev–Trinajstić information content (AvgIpc) is 3.32. The van der Waals surface area contributed by atoms with Crippen molar-refractivity contribution in [3.05, 3.63) is 54.5 Å². The Morgan fingerprint density at radius 2 is 2.15 bits per heavy atom. The van der Waals surface area contributed by atoms with Gasteiger partial charge in [-0.1, -0.05) is 18.2 Å². The number of aromatic nitrogens is 2. The zero-order valence-corrected chi connectivity index (χ0v) is 15.0. The highest BCUT2D eigenvalue weighted by Crippen LogP contribution is 2.35. The van der Waals surface area contributed by atoms with Crippen LogP contribution >= 0.6 is 0 Å². The Hall–Kier alpha value is -3.02. The van der Waals surface area contributed by atoms with Gasteiger partial charge in [-0.2, -0.15) is 0 Å². The Balaban J connectivity index is 1.85. The monoisotopic (exact) mass is 350 g/mol. The molecule has 2 amide bonds. The van der Waals surface area contributed by atoms with Gasteiger partial charge in [-0.05, 0) is 37.1 Å². The number of fused-ring (bicyclic) bond motifs is 1. The highest BCUT2D eigenvalue weighted by molar-refractivity contribution is 5.79. The fraction of sp³-hybridized carbons (Fsp3) is 0.300. The van der Waals surface area contributed by atoms with Crippen LogP contribution in [0.1, 0.15) is 24.7 Å². The van der Waals surface area contributed by atoms with Gasteiger partial charge in [-0.3, -0.25) is 0 Å². The minimum Gasteiger partial charge on any atom is -0.497 e. The Bertz CT molecular complexity index is 950. The number of carbonyl (C=O) groups excluding carboxylic acids is 1.